The summed E-state index contributed by atoms with van der Waals surface area (Å²) in [5, 5.41) is 20.5. The molecule has 1 atom stereocenters. The zero-order chi connectivity index (χ0) is 92.7. The van der Waals surface area contributed by atoms with Crippen LogP contribution < -0.4 is 0 Å². The van der Waals surface area contributed by atoms with Crippen LogP contribution in [-0.2, 0) is 10.8 Å². The van der Waals surface area contributed by atoms with Crippen LogP contribution in [0.3, 0.4) is 0 Å². The average Bonchev–Trinajstić information content (AvgIpc) is 1.49. The fourth-order valence-electron chi connectivity index (χ4n) is 24.6. The molecule has 0 aliphatic heterocycles. The number of thiophene rings is 1. The van der Waals surface area contributed by atoms with E-state index in [-0.39, 0.29) is 5.41 Å². The molecule has 0 saturated heterocycles. The smallest absolute Gasteiger partial charge is 0.0994 e. The molecule has 6 heteroatoms. The van der Waals surface area contributed by atoms with Gasteiger partial charge in [-0.05, 0) is 231 Å². The monoisotopic (exact) mass is 1810 g/mol. The first-order valence-corrected chi connectivity index (χ1v) is 49.6. The lowest BCUT2D eigenvalue weighted by atomic mass is 9.70. The summed E-state index contributed by atoms with van der Waals surface area (Å²) in [7, 11) is 0. The minimum absolute atomic E-state index is 0.274. The summed E-state index contributed by atoms with van der Waals surface area (Å²) in [5.74, 6) is 0. The number of rotatable bonds is 8. The molecule has 23 aromatic carbocycles. The van der Waals surface area contributed by atoms with Crippen molar-refractivity contribution in [1.82, 2.24) is 23.7 Å². The normalized spacial score (nSPS) is 13.7. The minimum atomic E-state index is -0.446. The standard InChI is InChI=1S/C53H33N.C42H25N3S.C40H27N/c1-3-15-34(16-4-1)38-29-39(35-17-5-2-6-18-35)31-40(30-38)54-50-26-14-11-23-43(50)44-27-28-48-51(52(44)54)45-32-36-19-7-8-20-37(36)33-49(45)53(48)46-24-12-9-21-41(46)42-22-10-13-25-47(42)53;1-2-14-26(15-3-1)39-40(44-33-22-10-9-21-32(33)43-39)30-19-7-12-24-35(30)45-34-23-11-6-18-29(34)37-27-16-4-5-17-28(27)38-31-20-8-13-25-36(31)46-42(38)41(37)45;1-40(29-21-19-26-11-5-6-13-28(26)23-29)36-18-10-9-17-32(36)34-24-35-33-22-20-27-12-7-8-16-31(27)39(33)41(38(35)25-37(34)40)30-14-3-2-4-15-30/h1-33H;1-25H;2-25H,1H3. The second-order valence-corrected chi connectivity index (χ2v) is 39.1. The third kappa shape index (κ3) is 12.0. The lowest BCUT2D eigenvalue weighted by molar-refractivity contribution is 0.716. The molecule has 0 N–H and O–H groups in total. The van der Waals surface area contributed by atoms with E-state index in [1.807, 2.05) is 35.6 Å². The molecular weight excluding hydrogens is 1720 g/mol. The Hall–Kier alpha value is -17.9. The number of hydrogen-bond acceptors (Lipinski definition) is 3. The van der Waals surface area contributed by atoms with Gasteiger partial charge in [-0.2, -0.15) is 0 Å². The van der Waals surface area contributed by atoms with Gasteiger partial charge < -0.3 is 13.7 Å². The molecule has 3 aliphatic rings. The molecule has 0 amide bonds. The van der Waals surface area contributed by atoms with Gasteiger partial charge in [0.25, 0.3) is 0 Å². The van der Waals surface area contributed by atoms with Crippen molar-refractivity contribution in [1.29, 1.82) is 0 Å². The lowest BCUT2D eigenvalue weighted by Gasteiger charge is -2.30. The van der Waals surface area contributed by atoms with Crippen LogP contribution in [0.1, 0.15) is 45.9 Å². The Balaban J connectivity index is 0.000000102. The van der Waals surface area contributed by atoms with Crippen LogP contribution in [0.25, 0.3) is 235 Å². The zero-order valence-electron chi connectivity index (χ0n) is 77.0. The molecule has 28 aromatic rings. The SMILES string of the molecule is CC1(c2ccc3ccccc3c2)c2ccccc2-c2cc3c4ccc5ccccc5c4n(-c4ccccc4)c3cc21.c1ccc(-c2cc(-c3ccccc3)cc(-n3c4ccccc4c4ccc5c(c43)-c3cc4ccccc4cc3C53c4ccccc4-c4ccccc43)c2)cc1.c1ccc(-c2nc3ccccc3nc2-c2ccccc2-n2c3ccccc3c3c4ccccc4c4c5ccccc5sc4c32)cc1. The van der Waals surface area contributed by atoms with E-state index < -0.39 is 5.41 Å². The van der Waals surface area contributed by atoms with Crippen LogP contribution in [-0.4, -0.2) is 23.7 Å². The van der Waals surface area contributed by atoms with Gasteiger partial charge in [-0.3, -0.25) is 0 Å². The average molecular weight is 1810 g/mol. The fraction of sp³-hybridized carbons (Fsp3) is 0.0222. The predicted molar refractivity (Wildman–Crippen MR) is 594 cm³/mol. The van der Waals surface area contributed by atoms with Gasteiger partial charge in [-0.1, -0.05) is 400 Å². The van der Waals surface area contributed by atoms with E-state index in [9.17, 15) is 0 Å². The van der Waals surface area contributed by atoms with Crippen molar-refractivity contribution in [3.63, 3.8) is 0 Å². The fourth-order valence-corrected chi connectivity index (χ4v) is 25.9. The van der Waals surface area contributed by atoms with Gasteiger partial charge in [-0.15, -0.1) is 11.3 Å². The number of nitrogens with zero attached hydrogens (tertiary/aromatic N) is 5. The number of para-hydroxylation sites is 6. The maximum Gasteiger partial charge on any atom is 0.0994 e. The molecule has 1 spiro atoms. The van der Waals surface area contributed by atoms with Crippen LogP contribution in [0, 0.1) is 0 Å². The van der Waals surface area contributed by atoms with Gasteiger partial charge in [0.1, 0.15) is 0 Å². The highest BCUT2D eigenvalue weighted by Crippen LogP contribution is 2.66. The van der Waals surface area contributed by atoms with E-state index in [1.54, 1.807) is 0 Å². The molecule has 5 nitrogen and oxygen atoms in total. The molecule has 31 rings (SSSR count). The van der Waals surface area contributed by atoms with Gasteiger partial charge in [0.05, 0.1) is 71.3 Å². The maximum atomic E-state index is 5.33. The Morgan fingerprint density at radius 3 is 1.39 bits per heavy atom. The first kappa shape index (κ1) is 80.3. The van der Waals surface area contributed by atoms with Crippen molar-refractivity contribution < 1.29 is 0 Å². The van der Waals surface area contributed by atoms with Gasteiger partial charge in [0.2, 0.25) is 0 Å². The van der Waals surface area contributed by atoms with E-state index in [1.165, 1.54) is 229 Å². The largest absolute Gasteiger partial charge is 0.309 e. The molecule has 0 saturated carbocycles. The van der Waals surface area contributed by atoms with E-state index in [4.69, 9.17) is 9.97 Å². The summed E-state index contributed by atoms with van der Waals surface area (Å²) in [4.78, 5) is 10.5. The van der Waals surface area contributed by atoms with Crippen molar-refractivity contribution in [3.05, 3.63) is 536 Å². The van der Waals surface area contributed by atoms with E-state index in [0.29, 0.717) is 0 Å². The Labute approximate surface area is 818 Å². The van der Waals surface area contributed by atoms with Crippen LogP contribution in [0.4, 0.5) is 0 Å². The zero-order valence-corrected chi connectivity index (χ0v) is 77.8. The molecule has 656 valence electrons. The second kappa shape index (κ2) is 31.6. The van der Waals surface area contributed by atoms with Gasteiger partial charge >= 0.3 is 0 Å². The molecule has 0 radical (unpaired) electrons. The van der Waals surface area contributed by atoms with Crippen molar-refractivity contribution in [2.24, 2.45) is 0 Å². The van der Waals surface area contributed by atoms with Crippen LogP contribution in [0.2, 0.25) is 0 Å². The van der Waals surface area contributed by atoms with E-state index in [0.717, 1.165) is 44.9 Å². The molecular formula is C135H85N5S. The van der Waals surface area contributed by atoms with Crippen LogP contribution >= 0.6 is 11.3 Å². The van der Waals surface area contributed by atoms with Crippen molar-refractivity contribution in [2.45, 2.75) is 17.8 Å². The number of fused-ring (bicyclic) bond motifs is 35. The highest BCUT2D eigenvalue weighted by Gasteiger charge is 2.53. The third-order valence-corrected chi connectivity index (χ3v) is 31.9. The van der Waals surface area contributed by atoms with Crippen LogP contribution in [0.15, 0.2) is 497 Å². The molecule has 3 aliphatic carbocycles. The molecule has 5 aromatic heterocycles. The second-order valence-electron chi connectivity index (χ2n) is 38.0. The first-order valence-electron chi connectivity index (χ1n) is 48.7. The van der Waals surface area contributed by atoms with Crippen molar-refractivity contribution in [2.75, 3.05) is 0 Å². The first-order chi connectivity index (χ1) is 69.8. The van der Waals surface area contributed by atoms with Crippen molar-refractivity contribution >= 4 is 151 Å². The summed E-state index contributed by atoms with van der Waals surface area (Å²) in [6.45, 7) is 2.42. The molecule has 0 bridgehead atoms. The Morgan fingerprint density at radius 2 is 0.709 bits per heavy atom. The topological polar surface area (TPSA) is 40.6 Å². The highest BCUT2D eigenvalue weighted by molar-refractivity contribution is 7.27. The highest BCUT2D eigenvalue weighted by atomic mass is 32.1. The Morgan fingerprint density at radius 1 is 0.227 bits per heavy atom. The molecule has 141 heavy (non-hydrogen) atoms. The summed E-state index contributed by atoms with van der Waals surface area (Å²) in [6, 6.07) is 182. The van der Waals surface area contributed by atoms with E-state index in [2.05, 4.69) is 494 Å². The summed E-state index contributed by atoms with van der Waals surface area (Å²) >= 11 is 1.88. The molecule has 0 fully saturated rings. The summed E-state index contributed by atoms with van der Waals surface area (Å²) in [6.07, 6.45) is 0. The van der Waals surface area contributed by atoms with E-state index >= 15 is 0 Å². The van der Waals surface area contributed by atoms with Gasteiger partial charge in [0, 0.05) is 86.7 Å². The minimum Gasteiger partial charge on any atom is -0.309 e. The number of hydrogen-bond donors (Lipinski definition) is 0. The molecule has 1 unspecified atom stereocenters. The maximum absolute atomic E-state index is 5.33. The summed E-state index contributed by atoms with van der Waals surface area (Å²) < 4.78 is 10.1. The van der Waals surface area contributed by atoms with Crippen LogP contribution in [0.5, 0.6) is 0 Å². The third-order valence-electron chi connectivity index (χ3n) is 30.7. The lowest BCUT2D eigenvalue weighted by Crippen LogP contribution is -2.25. The summed E-state index contributed by atoms with van der Waals surface area (Å²) in [5.41, 5.74) is 38.0. The molecule has 5 heterocycles. The quantitative estimate of drug-likeness (QED) is 0.152. The van der Waals surface area contributed by atoms with Crippen molar-refractivity contribution in [3.8, 4) is 95.2 Å². The van der Waals surface area contributed by atoms with Gasteiger partial charge in [0.15, 0.2) is 0 Å². The number of aromatic nitrogens is 5. The Kier molecular flexibility index (Phi) is 18.0. The number of benzene rings is 23. The van der Waals surface area contributed by atoms with Gasteiger partial charge in [-0.25, -0.2) is 9.97 Å². The Bertz CT molecular complexity index is 10000. The predicted octanol–water partition coefficient (Wildman–Crippen LogP) is 35.6.